The minimum atomic E-state index is 0.202. The minimum absolute atomic E-state index is 0.202. The molecule has 0 saturated carbocycles. The molecule has 2 aromatic rings. The standard InChI is InChI=1S/C16H19N3O/c1-2-8-17-16-10-12(7-9-18-16)19-14-11-20-15-6-4-3-5-13(14)15/h3-7,9-10,14H,2,8,11H2,1H3,(H2,17,18,19). The first-order valence-corrected chi connectivity index (χ1v) is 7.05. The van der Waals surface area contributed by atoms with Gasteiger partial charge in [-0.25, -0.2) is 4.98 Å². The van der Waals surface area contributed by atoms with E-state index in [1.54, 1.807) is 0 Å². The van der Waals surface area contributed by atoms with Gasteiger partial charge >= 0.3 is 0 Å². The number of fused-ring (bicyclic) bond motifs is 1. The molecule has 0 spiro atoms. The van der Waals surface area contributed by atoms with Crippen molar-refractivity contribution in [2.75, 3.05) is 23.8 Å². The van der Waals surface area contributed by atoms with E-state index < -0.39 is 0 Å². The Morgan fingerprint density at radius 3 is 3.10 bits per heavy atom. The van der Waals surface area contributed by atoms with E-state index in [2.05, 4.69) is 28.6 Å². The van der Waals surface area contributed by atoms with Crippen molar-refractivity contribution in [3.05, 3.63) is 48.2 Å². The van der Waals surface area contributed by atoms with Gasteiger partial charge in [0.15, 0.2) is 0 Å². The molecule has 0 fully saturated rings. The summed E-state index contributed by atoms with van der Waals surface area (Å²) in [7, 11) is 0. The molecule has 1 aromatic heterocycles. The van der Waals surface area contributed by atoms with Gasteiger partial charge in [-0.15, -0.1) is 0 Å². The third-order valence-electron chi connectivity index (χ3n) is 3.36. The summed E-state index contributed by atoms with van der Waals surface area (Å²) in [6.45, 7) is 3.74. The lowest BCUT2D eigenvalue weighted by atomic mass is 10.1. The van der Waals surface area contributed by atoms with Crippen LogP contribution in [0.15, 0.2) is 42.6 Å². The summed E-state index contributed by atoms with van der Waals surface area (Å²) in [6.07, 6.45) is 2.91. The van der Waals surface area contributed by atoms with Crippen molar-refractivity contribution in [2.24, 2.45) is 0 Å². The first kappa shape index (κ1) is 12.8. The normalized spacial score (nSPS) is 16.4. The molecular formula is C16H19N3O. The summed E-state index contributed by atoms with van der Waals surface area (Å²) in [5.41, 5.74) is 2.27. The maximum Gasteiger partial charge on any atom is 0.127 e. The molecule has 0 saturated heterocycles. The fourth-order valence-corrected chi connectivity index (χ4v) is 2.35. The van der Waals surface area contributed by atoms with E-state index in [1.165, 1.54) is 5.56 Å². The summed E-state index contributed by atoms with van der Waals surface area (Å²) in [5.74, 6) is 1.88. The van der Waals surface area contributed by atoms with Crippen LogP contribution in [0.5, 0.6) is 5.75 Å². The number of aromatic nitrogens is 1. The number of anilines is 2. The molecule has 1 aliphatic heterocycles. The number of nitrogens with zero attached hydrogens (tertiary/aromatic N) is 1. The van der Waals surface area contributed by atoms with Crippen LogP contribution >= 0.6 is 0 Å². The quantitative estimate of drug-likeness (QED) is 0.872. The van der Waals surface area contributed by atoms with E-state index in [-0.39, 0.29) is 6.04 Å². The van der Waals surface area contributed by atoms with Gasteiger partial charge in [0.1, 0.15) is 18.2 Å². The number of nitrogens with one attached hydrogen (secondary N) is 2. The van der Waals surface area contributed by atoms with Crippen LogP contribution in [0.1, 0.15) is 24.9 Å². The summed E-state index contributed by atoms with van der Waals surface area (Å²) in [4.78, 5) is 4.31. The Balaban J connectivity index is 1.72. The van der Waals surface area contributed by atoms with E-state index in [0.717, 1.165) is 30.2 Å². The van der Waals surface area contributed by atoms with Crippen LogP contribution in [0.25, 0.3) is 0 Å². The maximum atomic E-state index is 5.68. The molecular weight excluding hydrogens is 250 g/mol. The highest BCUT2D eigenvalue weighted by molar-refractivity contribution is 5.54. The third-order valence-corrected chi connectivity index (χ3v) is 3.36. The van der Waals surface area contributed by atoms with Crippen LogP contribution in [0.4, 0.5) is 11.5 Å². The van der Waals surface area contributed by atoms with Crippen LogP contribution in [-0.2, 0) is 0 Å². The fourth-order valence-electron chi connectivity index (χ4n) is 2.35. The fraction of sp³-hybridized carbons (Fsp3) is 0.312. The smallest absolute Gasteiger partial charge is 0.127 e. The molecule has 104 valence electrons. The number of para-hydroxylation sites is 1. The van der Waals surface area contributed by atoms with Gasteiger partial charge < -0.3 is 15.4 Å². The molecule has 1 aromatic carbocycles. The molecule has 0 bridgehead atoms. The first-order chi connectivity index (χ1) is 9.86. The Morgan fingerprint density at radius 2 is 2.20 bits per heavy atom. The average molecular weight is 269 g/mol. The van der Waals surface area contributed by atoms with Crippen LogP contribution < -0.4 is 15.4 Å². The SMILES string of the molecule is CCCNc1cc(NC2COc3ccccc32)ccn1. The van der Waals surface area contributed by atoms with E-state index in [4.69, 9.17) is 4.74 Å². The summed E-state index contributed by atoms with van der Waals surface area (Å²) < 4.78 is 5.68. The molecule has 0 aliphatic carbocycles. The number of rotatable bonds is 5. The Morgan fingerprint density at radius 1 is 1.30 bits per heavy atom. The number of ether oxygens (including phenoxy) is 1. The van der Waals surface area contributed by atoms with Crippen LogP contribution in [0, 0.1) is 0 Å². The monoisotopic (exact) mass is 269 g/mol. The molecule has 4 nitrogen and oxygen atoms in total. The average Bonchev–Trinajstić information content (AvgIpc) is 2.89. The largest absolute Gasteiger partial charge is 0.491 e. The van der Waals surface area contributed by atoms with Gasteiger partial charge in [-0.2, -0.15) is 0 Å². The highest BCUT2D eigenvalue weighted by atomic mass is 16.5. The van der Waals surface area contributed by atoms with Gasteiger partial charge in [0.25, 0.3) is 0 Å². The van der Waals surface area contributed by atoms with Crippen molar-refractivity contribution in [2.45, 2.75) is 19.4 Å². The number of hydrogen-bond acceptors (Lipinski definition) is 4. The zero-order chi connectivity index (χ0) is 13.8. The lowest BCUT2D eigenvalue weighted by Gasteiger charge is -2.14. The van der Waals surface area contributed by atoms with Gasteiger partial charge in [-0.3, -0.25) is 0 Å². The lowest BCUT2D eigenvalue weighted by molar-refractivity contribution is 0.340. The number of pyridine rings is 1. The van der Waals surface area contributed by atoms with Gasteiger partial charge in [0.2, 0.25) is 0 Å². The molecule has 0 radical (unpaired) electrons. The topological polar surface area (TPSA) is 46.2 Å². The molecule has 2 heterocycles. The Bertz CT molecular complexity index is 585. The van der Waals surface area contributed by atoms with Crippen LogP contribution in [-0.4, -0.2) is 18.1 Å². The molecule has 20 heavy (non-hydrogen) atoms. The van der Waals surface area contributed by atoms with E-state index in [9.17, 15) is 0 Å². The zero-order valence-electron chi connectivity index (χ0n) is 11.6. The van der Waals surface area contributed by atoms with Crippen molar-refractivity contribution < 1.29 is 4.74 Å². The molecule has 1 atom stereocenters. The van der Waals surface area contributed by atoms with Crippen molar-refractivity contribution in [3.63, 3.8) is 0 Å². The second-order valence-corrected chi connectivity index (χ2v) is 4.90. The van der Waals surface area contributed by atoms with Crippen LogP contribution in [0.2, 0.25) is 0 Å². The summed E-state index contributed by atoms with van der Waals surface area (Å²) in [5, 5.41) is 6.81. The molecule has 1 aliphatic rings. The van der Waals surface area contributed by atoms with Gasteiger partial charge in [0, 0.05) is 30.1 Å². The van der Waals surface area contributed by atoms with Gasteiger partial charge in [0.05, 0.1) is 6.04 Å². The second-order valence-electron chi connectivity index (χ2n) is 4.90. The molecule has 3 rings (SSSR count). The van der Waals surface area contributed by atoms with Crippen molar-refractivity contribution >= 4 is 11.5 Å². The van der Waals surface area contributed by atoms with Gasteiger partial charge in [-0.05, 0) is 18.6 Å². The number of benzene rings is 1. The third kappa shape index (κ3) is 2.69. The van der Waals surface area contributed by atoms with Crippen LogP contribution in [0.3, 0.4) is 0 Å². The summed E-state index contributed by atoms with van der Waals surface area (Å²) in [6, 6.07) is 12.4. The Hall–Kier alpha value is -2.23. The highest BCUT2D eigenvalue weighted by Crippen LogP contribution is 2.34. The molecule has 4 heteroatoms. The van der Waals surface area contributed by atoms with Gasteiger partial charge in [-0.1, -0.05) is 25.1 Å². The summed E-state index contributed by atoms with van der Waals surface area (Å²) >= 11 is 0. The molecule has 1 unspecified atom stereocenters. The Labute approximate surface area is 119 Å². The second kappa shape index (κ2) is 5.82. The van der Waals surface area contributed by atoms with Crippen molar-refractivity contribution in [3.8, 4) is 5.75 Å². The Kier molecular flexibility index (Phi) is 3.72. The van der Waals surface area contributed by atoms with E-state index >= 15 is 0 Å². The van der Waals surface area contributed by atoms with Crippen molar-refractivity contribution in [1.82, 2.24) is 4.98 Å². The molecule has 0 amide bonds. The number of hydrogen-bond donors (Lipinski definition) is 2. The first-order valence-electron chi connectivity index (χ1n) is 7.05. The predicted molar refractivity (Wildman–Crippen MR) is 81.3 cm³/mol. The maximum absolute atomic E-state index is 5.68. The predicted octanol–water partition coefficient (Wildman–Crippen LogP) is 3.45. The molecule has 2 N–H and O–H groups in total. The van der Waals surface area contributed by atoms with E-state index in [0.29, 0.717) is 6.61 Å². The van der Waals surface area contributed by atoms with E-state index in [1.807, 2.05) is 36.5 Å². The highest BCUT2D eigenvalue weighted by Gasteiger charge is 2.23. The van der Waals surface area contributed by atoms with Crippen molar-refractivity contribution in [1.29, 1.82) is 0 Å². The zero-order valence-corrected chi connectivity index (χ0v) is 11.6. The minimum Gasteiger partial charge on any atom is -0.491 e. The lowest BCUT2D eigenvalue weighted by Crippen LogP contribution is -2.12.